The number of hydrogen-bond acceptors (Lipinski definition) is 3. The molecule has 0 saturated heterocycles. The first-order chi connectivity index (χ1) is 16.1. The van der Waals surface area contributed by atoms with Crippen molar-refractivity contribution in [1.29, 1.82) is 0 Å². The molecule has 1 unspecified atom stereocenters. The molecule has 4 rings (SSSR count). The van der Waals surface area contributed by atoms with Crippen molar-refractivity contribution in [2.75, 3.05) is 16.8 Å². The Hall–Kier alpha value is -3.60. The molecular formula is C28H30N2O3. The van der Waals surface area contributed by atoms with E-state index in [-0.39, 0.29) is 11.8 Å². The fraction of sp³-hybridized carbons (Fsp3) is 0.286. The second kappa shape index (κ2) is 10.3. The van der Waals surface area contributed by atoms with Crippen LogP contribution < -0.4 is 15.0 Å². The van der Waals surface area contributed by atoms with Crippen LogP contribution in [-0.4, -0.2) is 24.5 Å². The van der Waals surface area contributed by atoms with Gasteiger partial charge in [0.2, 0.25) is 5.91 Å². The Labute approximate surface area is 195 Å². The molecule has 0 aromatic heterocycles. The van der Waals surface area contributed by atoms with Crippen LogP contribution in [0.25, 0.3) is 0 Å². The summed E-state index contributed by atoms with van der Waals surface area (Å²) < 4.78 is 5.82. The molecular weight excluding hydrogens is 412 g/mol. The van der Waals surface area contributed by atoms with E-state index in [0.717, 1.165) is 30.4 Å². The van der Waals surface area contributed by atoms with E-state index < -0.39 is 12.0 Å². The molecule has 2 amide bonds. The van der Waals surface area contributed by atoms with Crippen LogP contribution in [0.1, 0.15) is 50.2 Å². The highest BCUT2D eigenvalue weighted by atomic mass is 16.5. The minimum absolute atomic E-state index is 0.0477. The van der Waals surface area contributed by atoms with E-state index >= 15 is 0 Å². The third-order valence-corrected chi connectivity index (χ3v) is 5.95. The summed E-state index contributed by atoms with van der Waals surface area (Å²) in [5, 5.41) is 3.07. The lowest BCUT2D eigenvalue weighted by Crippen LogP contribution is -2.44. The molecule has 5 nitrogen and oxygen atoms in total. The number of amides is 2. The van der Waals surface area contributed by atoms with E-state index in [2.05, 4.69) is 12.2 Å². The highest BCUT2D eigenvalue weighted by Crippen LogP contribution is 2.37. The number of anilines is 2. The molecule has 1 atom stereocenters. The molecule has 0 spiro atoms. The standard InChI is InChI=1S/C28H30N2O3/c1-3-4-11-18-30-24-19-23(16-17-25(24)33-20(2)28(30)32)29-27(31)26(21-12-7-5-8-13-21)22-14-9-6-10-15-22/h5-10,12-17,19-20,26H,3-4,11,18H2,1-2H3,(H,29,31). The van der Waals surface area contributed by atoms with Crippen molar-refractivity contribution in [3.8, 4) is 5.75 Å². The third-order valence-electron chi connectivity index (χ3n) is 5.95. The number of nitrogens with one attached hydrogen (secondary N) is 1. The number of hydrogen-bond donors (Lipinski definition) is 1. The van der Waals surface area contributed by atoms with Gasteiger partial charge in [0, 0.05) is 12.2 Å². The molecule has 0 radical (unpaired) electrons. The lowest BCUT2D eigenvalue weighted by molar-refractivity contribution is -0.125. The number of fused-ring (bicyclic) bond motifs is 1. The number of nitrogens with zero attached hydrogens (tertiary/aromatic N) is 1. The zero-order valence-corrected chi connectivity index (χ0v) is 19.2. The summed E-state index contributed by atoms with van der Waals surface area (Å²) >= 11 is 0. The van der Waals surface area contributed by atoms with E-state index in [4.69, 9.17) is 4.74 Å². The first kappa shape index (κ1) is 22.6. The maximum absolute atomic E-state index is 13.5. The highest BCUT2D eigenvalue weighted by Gasteiger charge is 2.31. The Morgan fingerprint density at radius 3 is 2.21 bits per heavy atom. The second-order valence-corrected chi connectivity index (χ2v) is 8.38. The Morgan fingerprint density at radius 2 is 1.61 bits per heavy atom. The van der Waals surface area contributed by atoms with Gasteiger partial charge in [-0.15, -0.1) is 0 Å². The second-order valence-electron chi connectivity index (χ2n) is 8.38. The molecule has 1 aliphatic rings. The first-order valence-electron chi connectivity index (χ1n) is 11.6. The normalized spacial score (nSPS) is 15.2. The molecule has 1 aliphatic heterocycles. The van der Waals surface area contributed by atoms with Crippen LogP contribution in [0.15, 0.2) is 78.9 Å². The molecule has 0 fully saturated rings. The summed E-state index contributed by atoms with van der Waals surface area (Å²) in [7, 11) is 0. The van der Waals surface area contributed by atoms with Gasteiger partial charge in [-0.1, -0.05) is 80.4 Å². The van der Waals surface area contributed by atoms with Crippen LogP contribution in [0.4, 0.5) is 11.4 Å². The number of carbonyl (C=O) groups is 2. The molecule has 33 heavy (non-hydrogen) atoms. The molecule has 3 aromatic rings. The molecule has 3 aromatic carbocycles. The van der Waals surface area contributed by atoms with Crippen LogP contribution in [-0.2, 0) is 9.59 Å². The average Bonchev–Trinajstić information content (AvgIpc) is 2.83. The number of carbonyl (C=O) groups excluding carboxylic acids is 2. The van der Waals surface area contributed by atoms with Crippen LogP contribution in [0, 0.1) is 0 Å². The fourth-order valence-electron chi connectivity index (χ4n) is 4.24. The lowest BCUT2D eigenvalue weighted by atomic mass is 9.90. The van der Waals surface area contributed by atoms with Crippen molar-refractivity contribution in [1.82, 2.24) is 0 Å². The summed E-state index contributed by atoms with van der Waals surface area (Å²) in [6.07, 6.45) is 2.55. The van der Waals surface area contributed by atoms with Gasteiger partial charge in [0.05, 0.1) is 11.6 Å². The van der Waals surface area contributed by atoms with E-state index in [1.807, 2.05) is 78.9 Å². The number of rotatable bonds is 8. The first-order valence-corrected chi connectivity index (χ1v) is 11.6. The van der Waals surface area contributed by atoms with Crippen molar-refractivity contribution >= 4 is 23.2 Å². The maximum atomic E-state index is 13.5. The molecule has 1 heterocycles. The Kier molecular flexibility index (Phi) is 7.08. The maximum Gasteiger partial charge on any atom is 0.267 e. The van der Waals surface area contributed by atoms with Crippen LogP contribution in [0.5, 0.6) is 5.75 Å². The Morgan fingerprint density at radius 1 is 0.970 bits per heavy atom. The van der Waals surface area contributed by atoms with Gasteiger partial charge in [0.1, 0.15) is 5.75 Å². The molecule has 1 N–H and O–H groups in total. The van der Waals surface area contributed by atoms with Crippen molar-refractivity contribution in [2.24, 2.45) is 0 Å². The monoisotopic (exact) mass is 442 g/mol. The summed E-state index contributed by atoms with van der Waals surface area (Å²) in [4.78, 5) is 28.1. The van der Waals surface area contributed by atoms with Crippen LogP contribution in [0.2, 0.25) is 0 Å². The van der Waals surface area contributed by atoms with Crippen LogP contribution in [0.3, 0.4) is 0 Å². The zero-order chi connectivity index (χ0) is 23.2. The molecule has 5 heteroatoms. The Bertz CT molecular complexity index is 1060. The van der Waals surface area contributed by atoms with E-state index in [1.165, 1.54) is 0 Å². The molecule has 0 saturated carbocycles. The smallest absolute Gasteiger partial charge is 0.267 e. The predicted octanol–water partition coefficient (Wildman–Crippen LogP) is 5.76. The lowest BCUT2D eigenvalue weighted by Gasteiger charge is -2.33. The minimum atomic E-state index is -0.514. The van der Waals surface area contributed by atoms with Gasteiger partial charge in [-0.3, -0.25) is 9.59 Å². The van der Waals surface area contributed by atoms with Crippen molar-refractivity contribution in [3.05, 3.63) is 90.0 Å². The number of ether oxygens (including phenoxy) is 1. The van der Waals surface area contributed by atoms with Gasteiger partial charge in [0.25, 0.3) is 5.91 Å². The molecule has 170 valence electrons. The summed E-state index contributed by atoms with van der Waals surface area (Å²) in [5.41, 5.74) is 3.20. The van der Waals surface area contributed by atoms with Crippen LogP contribution >= 0.6 is 0 Å². The zero-order valence-electron chi connectivity index (χ0n) is 19.2. The Balaban J connectivity index is 1.62. The van der Waals surface area contributed by atoms with Gasteiger partial charge >= 0.3 is 0 Å². The average molecular weight is 443 g/mol. The van der Waals surface area contributed by atoms with Crippen molar-refractivity contribution in [2.45, 2.75) is 45.1 Å². The largest absolute Gasteiger partial charge is 0.479 e. The minimum Gasteiger partial charge on any atom is -0.479 e. The third kappa shape index (κ3) is 5.08. The summed E-state index contributed by atoms with van der Waals surface area (Å²) in [5.74, 6) is 0.0519. The number of unbranched alkanes of at least 4 members (excludes halogenated alkanes) is 2. The topological polar surface area (TPSA) is 58.6 Å². The summed E-state index contributed by atoms with van der Waals surface area (Å²) in [6.45, 7) is 4.56. The van der Waals surface area contributed by atoms with Gasteiger partial charge < -0.3 is 15.0 Å². The van der Waals surface area contributed by atoms with E-state index in [1.54, 1.807) is 11.8 Å². The van der Waals surface area contributed by atoms with Crippen molar-refractivity contribution < 1.29 is 14.3 Å². The highest BCUT2D eigenvalue weighted by molar-refractivity contribution is 6.02. The summed E-state index contributed by atoms with van der Waals surface area (Å²) in [6, 6.07) is 25.0. The quantitative estimate of drug-likeness (QED) is 0.451. The van der Waals surface area contributed by atoms with Gasteiger partial charge in [-0.2, -0.15) is 0 Å². The SMILES string of the molecule is CCCCCN1C(=O)C(C)Oc2ccc(NC(=O)C(c3ccccc3)c3ccccc3)cc21. The van der Waals surface area contributed by atoms with E-state index in [9.17, 15) is 9.59 Å². The molecule has 0 aliphatic carbocycles. The fourth-order valence-corrected chi connectivity index (χ4v) is 4.24. The number of benzene rings is 3. The molecule has 0 bridgehead atoms. The van der Waals surface area contributed by atoms with Gasteiger partial charge in [-0.05, 0) is 42.7 Å². The van der Waals surface area contributed by atoms with E-state index in [0.29, 0.717) is 23.7 Å². The van der Waals surface area contributed by atoms with Crippen molar-refractivity contribution in [3.63, 3.8) is 0 Å². The van der Waals surface area contributed by atoms with Gasteiger partial charge in [0.15, 0.2) is 6.10 Å². The predicted molar refractivity (Wildman–Crippen MR) is 132 cm³/mol. The van der Waals surface area contributed by atoms with Gasteiger partial charge in [-0.25, -0.2) is 0 Å².